The number of hydrogen-bond donors (Lipinski definition) is 1. The van der Waals surface area contributed by atoms with E-state index in [1.54, 1.807) is 13.8 Å². The molecule has 0 radical (unpaired) electrons. The van der Waals surface area contributed by atoms with Crippen LogP contribution >= 0.6 is 15.9 Å². The highest BCUT2D eigenvalue weighted by Gasteiger charge is 2.27. The summed E-state index contributed by atoms with van der Waals surface area (Å²) in [5.41, 5.74) is 1.58. The summed E-state index contributed by atoms with van der Waals surface area (Å²) in [6.45, 7) is 7.78. The zero-order valence-electron chi connectivity index (χ0n) is 10.7. The summed E-state index contributed by atoms with van der Waals surface area (Å²) in [6.07, 6.45) is 0.541. The van der Waals surface area contributed by atoms with Crippen molar-refractivity contribution in [2.45, 2.75) is 40.0 Å². The number of carboxylic acids is 1. The van der Waals surface area contributed by atoms with Gasteiger partial charge in [0.2, 0.25) is 0 Å². The monoisotopic (exact) mass is 298 g/mol. The van der Waals surface area contributed by atoms with Crippen molar-refractivity contribution < 1.29 is 9.90 Å². The molecular weight excluding hydrogens is 280 g/mol. The number of rotatable bonds is 4. The van der Waals surface area contributed by atoms with Gasteiger partial charge in [0.15, 0.2) is 0 Å². The Kier molecular flexibility index (Phi) is 4.36. The van der Waals surface area contributed by atoms with Crippen LogP contribution < -0.4 is 0 Å². The van der Waals surface area contributed by atoms with E-state index in [0.717, 1.165) is 10.0 Å². The van der Waals surface area contributed by atoms with Crippen LogP contribution in [0.1, 0.15) is 44.7 Å². The molecule has 94 valence electrons. The number of aliphatic carboxylic acids is 1. The van der Waals surface area contributed by atoms with Crippen LogP contribution in [0.25, 0.3) is 0 Å². The largest absolute Gasteiger partial charge is 0.481 e. The lowest BCUT2D eigenvalue weighted by Gasteiger charge is -2.20. The normalized spacial score (nSPS) is 11.9. The lowest BCUT2D eigenvalue weighted by atomic mass is 9.85. The number of hydrogen-bond acceptors (Lipinski definition) is 1. The molecule has 1 aromatic rings. The third-order valence-electron chi connectivity index (χ3n) is 2.91. The molecule has 0 aromatic heterocycles. The molecule has 0 aliphatic carbocycles. The minimum atomic E-state index is -0.762. The Labute approximate surface area is 111 Å². The molecule has 0 atom stereocenters. The first-order chi connectivity index (χ1) is 7.74. The first-order valence-electron chi connectivity index (χ1n) is 5.76. The quantitative estimate of drug-likeness (QED) is 0.903. The van der Waals surface area contributed by atoms with Crippen molar-refractivity contribution in [1.29, 1.82) is 0 Å². The highest BCUT2D eigenvalue weighted by Crippen LogP contribution is 2.29. The van der Waals surface area contributed by atoms with Gasteiger partial charge in [0.25, 0.3) is 0 Å². The van der Waals surface area contributed by atoms with E-state index in [4.69, 9.17) is 5.11 Å². The molecule has 0 heterocycles. The molecule has 0 aliphatic rings. The van der Waals surface area contributed by atoms with Gasteiger partial charge in [-0.15, -0.1) is 0 Å². The van der Waals surface area contributed by atoms with Crippen LogP contribution in [-0.4, -0.2) is 11.1 Å². The summed E-state index contributed by atoms with van der Waals surface area (Å²) < 4.78 is 1.06. The van der Waals surface area contributed by atoms with E-state index in [1.165, 1.54) is 5.56 Å². The van der Waals surface area contributed by atoms with E-state index in [1.807, 2.05) is 12.1 Å². The maximum absolute atomic E-state index is 11.1. The summed E-state index contributed by atoms with van der Waals surface area (Å²) in [7, 11) is 0. The molecule has 3 heteroatoms. The van der Waals surface area contributed by atoms with Gasteiger partial charge in [0, 0.05) is 4.47 Å². The minimum Gasteiger partial charge on any atom is -0.481 e. The van der Waals surface area contributed by atoms with Gasteiger partial charge in [0.05, 0.1) is 5.41 Å². The standard InChI is InChI=1S/C14H19BrO2/c1-9(2)11-6-5-10(7-12(11)15)8-14(3,4)13(16)17/h5-7,9H,8H2,1-4H3,(H,16,17). The highest BCUT2D eigenvalue weighted by molar-refractivity contribution is 9.10. The van der Waals surface area contributed by atoms with Crippen LogP contribution in [-0.2, 0) is 11.2 Å². The molecule has 1 N–H and O–H groups in total. The predicted octanol–water partition coefficient (Wildman–Crippen LogP) is 4.23. The molecule has 0 bridgehead atoms. The summed E-state index contributed by atoms with van der Waals surface area (Å²) in [4.78, 5) is 11.1. The molecule has 0 fully saturated rings. The average Bonchev–Trinajstić information content (AvgIpc) is 2.15. The molecular formula is C14H19BrO2. The SMILES string of the molecule is CC(C)c1ccc(CC(C)(C)C(=O)O)cc1Br. The Morgan fingerprint density at radius 1 is 1.41 bits per heavy atom. The fraction of sp³-hybridized carbons (Fsp3) is 0.500. The Morgan fingerprint density at radius 2 is 2.00 bits per heavy atom. The maximum Gasteiger partial charge on any atom is 0.309 e. The molecule has 0 amide bonds. The molecule has 0 spiro atoms. The molecule has 0 saturated heterocycles. The minimum absolute atomic E-state index is 0.464. The zero-order chi connectivity index (χ0) is 13.2. The highest BCUT2D eigenvalue weighted by atomic mass is 79.9. The number of halogens is 1. The van der Waals surface area contributed by atoms with E-state index < -0.39 is 11.4 Å². The fourth-order valence-electron chi connectivity index (χ4n) is 1.73. The molecule has 1 rings (SSSR count). The number of carboxylic acid groups (broad SMARTS) is 1. The lowest BCUT2D eigenvalue weighted by Crippen LogP contribution is -2.26. The van der Waals surface area contributed by atoms with E-state index in [0.29, 0.717) is 12.3 Å². The van der Waals surface area contributed by atoms with Crippen molar-refractivity contribution in [2.24, 2.45) is 5.41 Å². The smallest absolute Gasteiger partial charge is 0.309 e. The van der Waals surface area contributed by atoms with Gasteiger partial charge in [0.1, 0.15) is 0 Å². The van der Waals surface area contributed by atoms with Crippen molar-refractivity contribution >= 4 is 21.9 Å². The van der Waals surface area contributed by atoms with Gasteiger partial charge in [-0.1, -0.05) is 41.9 Å². The van der Waals surface area contributed by atoms with Crippen LogP contribution in [0.4, 0.5) is 0 Å². The first-order valence-corrected chi connectivity index (χ1v) is 6.55. The zero-order valence-corrected chi connectivity index (χ0v) is 12.3. The summed E-state index contributed by atoms with van der Waals surface area (Å²) >= 11 is 3.54. The molecule has 17 heavy (non-hydrogen) atoms. The summed E-state index contributed by atoms with van der Waals surface area (Å²) in [5, 5.41) is 9.10. The Balaban J connectivity index is 2.96. The number of benzene rings is 1. The maximum atomic E-state index is 11.1. The van der Waals surface area contributed by atoms with Crippen LogP contribution in [0.3, 0.4) is 0 Å². The predicted molar refractivity (Wildman–Crippen MR) is 73.4 cm³/mol. The van der Waals surface area contributed by atoms with Gasteiger partial charge in [-0.3, -0.25) is 4.79 Å². The van der Waals surface area contributed by atoms with E-state index in [-0.39, 0.29) is 0 Å². The van der Waals surface area contributed by atoms with Gasteiger partial charge in [-0.05, 0) is 43.4 Å². The Bertz CT molecular complexity index is 422. The Morgan fingerprint density at radius 3 is 2.41 bits per heavy atom. The van der Waals surface area contributed by atoms with Crippen LogP contribution in [0.5, 0.6) is 0 Å². The van der Waals surface area contributed by atoms with Crippen molar-refractivity contribution in [3.63, 3.8) is 0 Å². The lowest BCUT2D eigenvalue weighted by molar-refractivity contribution is -0.146. The van der Waals surface area contributed by atoms with Gasteiger partial charge >= 0.3 is 5.97 Å². The second kappa shape index (κ2) is 5.21. The van der Waals surface area contributed by atoms with Crippen molar-refractivity contribution in [3.05, 3.63) is 33.8 Å². The van der Waals surface area contributed by atoms with Crippen molar-refractivity contribution in [2.75, 3.05) is 0 Å². The van der Waals surface area contributed by atoms with E-state index in [2.05, 4.69) is 35.8 Å². The topological polar surface area (TPSA) is 37.3 Å². The molecule has 0 aliphatic heterocycles. The first kappa shape index (κ1) is 14.2. The van der Waals surface area contributed by atoms with E-state index >= 15 is 0 Å². The Hall–Kier alpha value is -0.830. The van der Waals surface area contributed by atoms with Gasteiger partial charge in [-0.2, -0.15) is 0 Å². The van der Waals surface area contributed by atoms with Crippen LogP contribution in [0.15, 0.2) is 22.7 Å². The second-order valence-corrected chi connectivity index (χ2v) is 6.23. The van der Waals surface area contributed by atoms with Gasteiger partial charge < -0.3 is 5.11 Å². The molecule has 0 unspecified atom stereocenters. The summed E-state index contributed by atoms with van der Waals surface area (Å²) in [5.74, 6) is -0.299. The average molecular weight is 299 g/mol. The summed E-state index contributed by atoms with van der Waals surface area (Å²) in [6, 6.07) is 6.12. The third kappa shape index (κ3) is 3.56. The fourth-order valence-corrected chi connectivity index (χ4v) is 2.62. The molecule has 2 nitrogen and oxygen atoms in total. The van der Waals surface area contributed by atoms with Crippen molar-refractivity contribution in [1.82, 2.24) is 0 Å². The third-order valence-corrected chi connectivity index (χ3v) is 3.60. The van der Waals surface area contributed by atoms with Crippen LogP contribution in [0.2, 0.25) is 0 Å². The molecule has 1 aromatic carbocycles. The van der Waals surface area contributed by atoms with Gasteiger partial charge in [-0.25, -0.2) is 0 Å². The second-order valence-electron chi connectivity index (χ2n) is 5.38. The van der Waals surface area contributed by atoms with Crippen molar-refractivity contribution in [3.8, 4) is 0 Å². The number of carbonyl (C=O) groups is 1. The van der Waals surface area contributed by atoms with E-state index in [9.17, 15) is 4.79 Å². The molecule has 0 saturated carbocycles. The van der Waals surface area contributed by atoms with Crippen LogP contribution in [0, 0.1) is 5.41 Å².